The van der Waals surface area contributed by atoms with Crippen LogP contribution in [0.2, 0.25) is 5.02 Å². The number of hydrogen-bond acceptors (Lipinski definition) is 5. The molecule has 2 aromatic carbocycles. The molecule has 178 valence electrons. The summed E-state index contributed by atoms with van der Waals surface area (Å²) >= 11 is 5.97. The van der Waals surface area contributed by atoms with Gasteiger partial charge < -0.3 is 30.3 Å². The minimum absolute atomic E-state index is 0.0628. The second kappa shape index (κ2) is 11.4. The highest BCUT2D eigenvalue weighted by Crippen LogP contribution is 2.26. The van der Waals surface area contributed by atoms with Crippen LogP contribution in [-0.2, 0) is 4.74 Å². The number of carbonyl (C=O) groups is 2. The van der Waals surface area contributed by atoms with Gasteiger partial charge in [-0.25, -0.2) is 4.79 Å². The molecule has 1 heterocycles. The van der Waals surface area contributed by atoms with Crippen LogP contribution in [0.5, 0.6) is 5.75 Å². The third-order valence-corrected chi connectivity index (χ3v) is 5.80. The van der Waals surface area contributed by atoms with Gasteiger partial charge >= 0.3 is 6.03 Å². The van der Waals surface area contributed by atoms with Gasteiger partial charge in [-0.15, -0.1) is 0 Å². The average molecular weight is 475 g/mol. The van der Waals surface area contributed by atoms with Gasteiger partial charge in [0.2, 0.25) is 0 Å². The van der Waals surface area contributed by atoms with E-state index < -0.39 is 6.03 Å². The first-order valence-corrected chi connectivity index (χ1v) is 11.3. The van der Waals surface area contributed by atoms with E-state index in [0.717, 1.165) is 6.54 Å². The quantitative estimate of drug-likeness (QED) is 0.623. The number of urea groups is 1. The molecule has 0 radical (unpaired) electrons. The minimum Gasteiger partial charge on any atom is -0.491 e. The number of rotatable bonds is 3. The van der Waals surface area contributed by atoms with Crippen LogP contribution in [-0.4, -0.2) is 62.8 Å². The molecule has 0 saturated heterocycles. The van der Waals surface area contributed by atoms with Crippen LogP contribution < -0.4 is 20.7 Å². The van der Waals surface area contributed by atoms with E-state index in [0.29, 0.717) is 40.9 Å². The van der Waals surface area contributed by atoms with Crippen molar-refractivity contribution in [2.75, 3.05) is 44.5 Å². The van der Waals surface area contributed by atoms with Gasteiger partial charge in [0, 0.05) is 55.8 Å². The topological polar surface area (TPSA) is 91.9 Å². The summed E-state index contributed by atoms with van der Waals surface area (Å²) in [5, 5.41) is 9.48. The van der Waals surface area contributed by atoms with Crippen molar-refractivity contribution >= 4 is 34.9 Å². The normalized spacial score (nSPS) is 21.8. The Morgan fingerprint density at radius 3 is 2.61 bits per heavy atom. The fourth-order valence-corrected chi connectivity index (χ4v) is 3.78. The van der Waals surface area contributed by atoms with Crippen molar-refractivity contribution in [2.45, 2.75) is 26.0 Å². The fraction of sp³-hybridized carbons (Fsp3) is 0.417. The molecular weight excluding hydrogens is 444 g/mol. The standard InChI is InChI=1S/C24H31ClN4O4/c1-15-12-26-16(2)14-33-21-11-19(28-24(31)27-18-7-5-6-17(25)10-18)8-9-20(21)23(30)29(3)13-22(15)32-4/h5-11,15-16,22,26H,12-14H2,1-4H3,(H2,27,28,31)/t15-,16-,22+/m1/s1. The number of amides is 3. The number of anilines is 2. The number of carbonyl (C=O) groups excluding carboxylic acids is 2. The second-order valence-electron chi connectivity index (χ2n) is 8.36. The Bertz CT molecular complexity index is 987. The van der Waals surface area contributed by atoms with Gasteiger partial charge in [0.1, 0.15) is 12.4 Å². The Labute approximate surface area is 199 Å². The maximum Gasteiger partial charge on any atom is 0.323 e. The molecular formula is C24H31ClN4O4. The third kappa shape index (κ3) is 6.83. The van der Waals surface area contributed by atoms with Crippen molar-refractivity contribution in [1.29, 1.82) is 0 Å². The Morgan fingerprint density at radius 2 is 1.91 bits per heavy atom. The summed E-state index contributed by atoms with van der Waals surface area (Å²) in [5.41, 5.74) is 1.49. The van der Waals surface area contributed by atoms with Crippen LogP contribution in [0.25, 0.3) is 0 Å². The van der Waals surface area contributed by atoms with Crippen LogP contribution in [0.15, 0.2) is 42.5 Å². The maximum atomic E-state index is 13.2. The lowest BCUT2D eigenvalue weighted by Crippen LogP contribution is -2.44. The zero-order valence-electron chi connectivity index (χ0n) is 19.4. The Hall–Kier alpha value is -2.81. The predicted octanol–water partition coefficient (Wildman–Crippen LogP) is 4.08. The van der Waals surface area contributed by atoms with E-state index in [-0.39, 0.29) is 24.0 Å². The number of fused-ring (bicyclic) bond motifs is 1. The number of halogens is 1. The molecule has 3 atom stereocenters. The summed E-state index contributed by atoms with van der Waals surface area (Å²) < 4.78 is 11.6. The molecule has 0 bridgehead atoms. The number of hydrogen-bond donors (Lipinski definition) is 3. The molecule has 0 aromatic heterocycles. The Kier molecular flexibility index (Phi) is 8.55. The Balaban J connectivity index is 1.80. The lowest BCUT2D eigenvalue weighted by molar-refractivity contribution is 0.0281. The molecule has 1 aliphatic heterocycles. The molecule has 0 spiro atoms. The Morgan fingerprint density at radius 1 is 1.18 bits per heavy atom. The highest BCUT2D eigenvalue weighted by atomic mass is 35.5. The van der Waals surface area contributed by atoms with Crippen molar-refractivity contribution in [3.63, 3.8) is 0 Å². The first kappa shape index (κ1) is 24.8. The van der Waals surface area contributed by atoms with Crippen molar-refractivity contribution in [3.8, 4) is 5.75 Å². The molecule has 1 aliphatic rings. The number of nitrogens with one attached hydrogen (secondary N) is 3. The van der Waals surface area contributed by atoms with E-state index in [9.17, 15) is 9.59 Å². The summed E-state index contributed by atoms with van der Waals surface area (Å²) in [6, 6.07) is 11.5. The number of methoxy groups -OCH3 is 1. The maximum absolute atomic E-state index is 13.2. The molecule has 8 nitrogen and oxygen atoms in total. The summed E-state index contributed by atoms with van der Waals surface area (Å²) in [7, 11) is 3.41. The lowest BCUT2D eigenvalue weighted by atomic mass is 10.0. The van der Waals surface area contributed by atoms with Crippen molar-refractivity contribution in [2.24, 2.45) is 5.92 Å². The highest BCUT2D eigenvalue weighted by molar-refractivity contribution is 6.30. The molecule has 3 amide bonds. The van der Waals surface area contributed by atoms with Gasteiger partial charge in [0.25, 0.3) is 5.91 Å². The summed E-state index contributed by atoms with van der Waals surface area (Å²) in [6.07, 6.45) is -0.0985. The van der Waals surface area contributed by atoms with Crippen LogP contribution in [0.3, 0.4) is 0 Å². The molecule has 33 heavy (non-hydrogen) atoms. The molecule has 0 fully saturated rings. The number of benzene rings is 2. The smallest absolute Gasteiger partial charge is 0.323 e. The molecule has 0 saturated carbocycles. The van der Waals surface area contributed by atoms with Crippen molar-refractivity contribution in [3.05, 3.63) is 53.1 Å². The zero-order chi connectivity index (χ0) is 24.0. The second-order valence-corrected chi connectivity index (χ2v) is 8.79. The number of likely N-dealkylation sites (N-methyl/N-ethyl adjacent to an activating group) is 1. The first-order valence-electron chi connectivity index (χ1n) is 10.9. The van der Waals surface area contributed by atoms with Gasteiger partial charge in [-0.1, -0.05) is 24.6 Å². The van der Waals surface area contributed by atoms with Gasteiger partial charge in [0.15, 0.2) is 0 Å². The lowest BCUT2D eigenvalue weighted by Gasteiger charge is -2.30. The van der Waals surface area contributed by atoms with Crippen LogP contribution in [0, 0.1) is 5.92 Å². The molecule has 9 heteroatoms. The SMILES string of the molecule is CO[C@H]1CN(C)C(=O)c2ccc(NC(=O)Nc3cccc(Cl)c3)cc2OC[C@@H](C)NC[C@H]1C. The molecule has 0 unspecified atom stereocenters. The summed E-state index contributed by atoms with van der Waals surface area (Å²) in [5.74, 6) is 0.454. The minimum atomic E-state index is -0.430. The van der Waals surface area contributed by atoms with E-state index in [1.54, 1.807) is 61.5 Å². The predicted molar refractivity (Wildman–Crippen MR) is 130 cm³/mol. The average Bonchev–Trinajstić information content (AvgIpc) is 2.78. The van der Waals surface area contributed by atoms with Gasteiger partial charge in [-0.2, -0.15) is 0 Å². The number of nitrogens with zero attached hydrogens (tertiary/aromatic N) is 1. The van der Waals surface area contributed by atoms with Crippen LogP contribution in [0.4, 0.5) is 16.2 Å². The molecule has 3 N–H and O–H groups in total. The third-order valence-electron chi connectivity index (χ3n) is 5.57. The fourth-order valence-electron chi connectivity index (χ4n) is 3.59. The van der Waals surface area contributed by atoms with E-state index in [2.05, 4.69) is 22.9 Å². The monoisotopic (exact) mass is 474 g/mol. The van der Waals surface area contributed by atoms with E-state index in [1.807, 2.05) is 6.92 Å². The van der Waals surface area contributed by atoms with Gasteiger partial charge in [-0.3, -0.25) is 4.79 Å². The first-order chi connectivity index (χ1) is 15.8. The van der Waals surface area contributed by atoms with Crippen molar-refractivity contribution in [1.82, 2.24) is 10.2 Å². The van der Waals surface area contributed by atoms with Gasteiger partial charge in [0.05, 0.1) is 11.7 Å². The van der Waals surface area contributed by atoms with E-state index in [1.165, 1.54) is 0 Å². The highest BCUT2D eigenvalue weighted by Gasteiger charge is 2.25. The molecule has 3 rings (SSSR count). The zero-order valence-corrected chi connectivity index (χ0v) is 20.1. The molecule has 2 aromatic rings. The summed E-state index contributed by atoms with van der Waals surface area (Å²) in [4.78, 5) is 27.2. The van der Waals surface area contributed by atoms with Crippen LogP contribution in [0.1, 0.15) is 24.2 Å². The molecule has 0 aliphatic carbocycles. The van der Waals surface area contributed by atoms with Crippen LogP contribution >= 0.6 is 11.6 Å². The largest absolute Gasteiger partial charge is 0.491 e. The number of ether oxygens (including phenoxy) is 2. The van der Waals surface area contributed by atoms with E-state index >= 15 is 0 Å². The van der Waals surface area contributed by atoms with Crippen molar-refractivity contribution < 1.29 is 19.1 Å². The summed E-state index contributed by atoms with van der Waals surface area (Å²) in [6.45, 7) is 5.68. The van der Waals surface area contributed by atoms with Gasteiger partial charge in [-0.05, 0) is 43.2 Å². The van der Waals surface area contributed by atoms with E-state index in [4.69, 9.17) is 21.1 Å².